The van der Waals surface area contributed by atoms with E-state index in [1.54, 1.807) is 31.5 Å². The summed E-state index contributed by atoms with van der Waals surface area (Å²) in [5.41, 5.74) is 0.936. The normalized spacial score (nSPS) is 22.1. The van der Waals surface area contributed by atoms with Gasteiger partial charge in [-0.15, -0.1) is 0 Å². The molecule has 0 bridgehead atoms. The van der Waals surface area contributed by atoms with Crippen LogP contribution in [0.15, 0.2) is 36.5 Å². The molecule has 3 fully saturated rings. The van der Waals surface area contributed by atoms with Gasteiger partial charge < -0.3 is 15.0 Å². The Morgan fingerprint density at radius 3 is 2.58 bits per heavy atom. The number of rotatable bonds is 5. The molecule has 2 aromatic rings. The summed E-state index contributed by atoms with van der Waals surface area (Å²) in [4.78, 5) is 27.7. The standard InChI is InChI=1S/C25H33N5O3/c1-33-21-8-4-3-7-20(21)27-24(32)28-22-9-14-26-30(22)18-10-15-29(16-11-18)23(31)19-17-25(19)12-5-2-6-13-25/h3-4,7-9,14,18-19H,2,5-6,10-13,15-17H2,1H3,(H2,27,28,32)/t19-/m0/s1. The Hall–Kier alpha value is -3.03. The number of urea groups is 1. The Balaban J connectivity index is 1.16. The third kappa shape index (κ3) is 4.43. The summed E-state index contributed by atoms with van der Waals surface area (Å²) in [6.45, 7) is 1.51. The molecule has 2 N–H and O–H groups in total. The van der Waals surface area contributed by atoms with Crippen LogP contribution in [0.4, 0.5) is 16.3 Å². The van der Waals surface area contributed by atoms with E-state index in [-0.39, 0.29) is 18.0 Å². The van der Waals surface area contributed by atoms with E-state index < -0.39 is 0 Å². The van der Waals surface area contributed by atoms with Crippen molar-refractivity contribution in [2.24, 2.45) is 11.3 Å². The van der Waals surface area contributed by atoms with Crippen LogP contribution in [0.2, 0.25) is 0 Å². The molecule has 1 atom stereocenters. The SMILES string of the molecule is COc1ccccc1NC(=O)Nc1ccnn1C1CCN(C(=O)[C@@H]2CC23CCCCC3)CC1. The molecule has 1 aromatic heterocycles. The number of piperidine rings is 1. The lowest BCUT2D eigenvalue weighted by Gasteiger charge is -2.34. The monoisotopic (exact) mass is 451 g/mol. The summed E-state index contributed by atoms with van der Waals surface area (Å²) < 4.78 is 7.17. The van der Waals surface area contributed by atoms with Gasteiger partial charge in [-0.25, -0.2) is 9.48 Å². The Labute approximate surface area is 194 Å². The van der Waals surface area contributed by atoms with E-state index in [1.165, 1.54) is 32.1 Å². The molecule has 3 amide bonds. The highest BCUT2D eigenvalue weighted by molar-refractivity contribution is 6.00. The minimum Gasteiger partial charge on any atom is -0.495 e. The molecule has 2 heterocycles. The van der Waals surface area contributed by atoms with Gasteiger partial charge in [-0.1, -0.05) is 31.4 Å². The first-order valence-electron chi connectivity index (χ1n) is 12.1. The number of anilines is 2. The van der Waals surface area contributed by atoms with E-state index in [2.05, 4.69) is 20.6 Å². The van der Waals surface area contributed by atoms with Crippen molar-refractivity contribution >= 4 is 23.4 Å². The Kier molecular flexibility index (Phi) is 6.00. The molecule has 1 spiro atoms. The first-order chi connectivity index (χ1) is 16.1. The molecule has 5 rings (SSSR count). The Morgan fingerprint density at radius 1 is 1.06 bits per heavy atom. The van der Waals surface area contributed by atoms with Crippen LogP contribution in [-0.4, -0.2) is 46.8 Å². The van der Waals surface area contributed by atoms with Crippen LogP contribution in [0.3, 0.4) is 0 Å². The Morgan fingerprint density at radius 2 is 1.82 bits per heavy atom. The molecule has 2 saturated carbocycles. The van der Waals surface area contributed by atoms with Gasteiger partial charge >= 0.3 is 6.03 Å². The van der Waals surface area contributed by atoms with Crippen molar-refractivity contribution in [2.45, 2.75) is 57.4 Å². The third-order valence-electron chi connectivity index (χ3n) is 7.73. The number of hydrogen-bond acceptors (Lipinski definition) is 4. The summed E-state index contributed by atoms with van der Waals surface area (Å²) in [7, 11) is 1.57. The summed E-state index contributed by atoms with van der Waals surface area (Å²) >= 11 is 0. The maximum Gasteiger partial charge on any atom is 0.324 e. The summed E-state index contributed by atoms with van der Waals surface area (Å²) in [6, 6.07) is 8.90. The number of benzene rings is 1. The molecule has 1 aromatic carbocycles. The van der Waals surface area contributed by atoms with Crippen LogP contribution >= 0.6 is 0 Å². The molecule has 0 radical (unpaired) electrons. The molecule has 0 unspecified atom stereocenters. The largest absolute Gasteiger partial charge is 0.495 e. The predicted octanol–water partition coefficient (Wildman–Crippen LogP) is 4.67. The van der Waals surface area contributed by atoms with Crippen molar-refractivity contribution in [1.29, 1.82) is 0 Å². The number of carbonyl (C=O) groups excluding carboxylic acids is 2. The van der Waals surface area contributed by atoms with Crippen molar-refractivity contribution in [1.82, 2.24) is 14.7 Å². The predicted molar refractivity (Wildman–Crippen MR) is 126 cm³/mol. The minimum absolute atomic E-state index is 0.161. The molecule has 8 nitrogen and oxygen atoms in total. The van der Waals surface area contributed by atoms with Crippen LogP contribution in [0, 0.1) is 11.3 Å². The quantitative estimate of drug-likeness (QED) is 0.691. The maximum atomic E-state index is 13.1. The number of methoxy groups -OCH3 is 1. The fourth-order valence-electron chi connectivity index (χ4n) is 5.78. The molecular formula is C25H33N5O3. The molecule has 33 heavy (non-hydrogen) atoms. The van der Waals surface area contributed by atoms with E-state index in [9.17, 15) is 9.59 Å². The number of aromatic nitrogens is 2. The van der Waals surface area contributed by atoms with Crippen LogP contribution in [-0.2, 0) is 4.79 Å². The number of para-hydroxylation sites is 2. The summed E-state index contributed by atoms with van der Waals surface area (Å²) in [5.74, 6) is 1.87. The molecule has 2 aliphatic carbocycles. The number of hydrogen-bond donors (Lipinski definition) is 2. The van der Waals surface area contributed by atoms with E-state index in [0.717, 1.165) is 32.4 Å². The second kappa shape index (κ2) is 9.08. The number of nitrogens with one attached hydrogen (secondary N) is 2. The lowest BCUT2D eigenvalue weighted by molar-refractivity contribution is -0.135. The zero-order chi connectivity index (χ0) is 22.8. The highest BCUT2D eigenvalue weighted by Crippen LogP contribution is 2.62. The minimum atomic E-state index is -0.347. The zero-order valence-corrected chi connectivity index (χ0v) is 19.3. The van der Waals surface area contributed by atoms with Gasteiger partial charge in [-0.05, 0) is 49.7 Å². The van der Waals surface area contributed by atoms with E-state index in [4.69, 9.17) is 4.74 Å². The van der Waals surface area contributed by atoms with E-state index in [0.29, 0.717) is 28.6 Å². The zero-order valence-electron chi connectivity index (χ0n) is 19.3. The maximum absolute atomic E-state index is 13.1. The smallest absolute Gasteiger partial charge is 0.324 e. The first kappa shape index (κ1) is 21.8. The number of nitrogens with zero attached hydrogens (tertiary/aromatic N) is 3. The van der Waals surface area contributed by atoms with Crippen LogP contribution in [0.25, 0.3) is 0 Å². The average molecular weight is 452 g/mol. The lowest BCUT2D eigenvalue weighted by Crippen LogP contribution is -2.41. The number of likely N-dealkylation sites (tertiary alicyclic amines) is 1. The van der Waals surface area contributed by atoms with Gasteiger partial charge in [0.1, 0.15) is 11.6 Å². The lowest BCUT2D eigenvalue weighted by atomic mass is 9.84. The van der Waals surface area contributed by atoms with Gasteiger partial charge in [0.15, 0.2) is 0 Å². The van der Waals surface area contributed by atoms with E-state index >= 15 is 0 Å². The van der Waals surface area contributed by atoms with Crippen molar-refractivity contribution in [3.05, 3.63) is 36.5 Å². The van der Waals surface area contributed by atoms with Crippen molar-refractivity contribution in [3.63, 3.8) is 0 Å². The molecular weight excluding hydrogens is 418 g/mol. The third-order valence-corrected chi connectivity index (χ3v) is 7.73. The van der Waals surface area contributed by atoms with Crippen LogP contribution in [0.1, 0.15) is 57.4 Å². The van der Waals surface area contributed by atoms with Gasteiger partial charge in [0.25, 0.3) is 0 Å². The Bertz CT molecular complexity index is 1000. The topological polar surface area (TPSA) is 88.5 Å². The number of ether oxygens (including phenoxy) is 1. The van der Waals surface area contributed by atoms with Crippen molar-refractivity contribution in [2.75, 3.05) is 30.8 Å². The van der Waals surface area contributed by atoms with Crippen LogP contribution < -0.4 is 15.4 Å². The van der Waals surface area contributed by atoms with Gasteiger partial charge in [0, 0.05) is 25.1 Å². The molecule has 8 heteroatoms. The molecule has 1 aliphatic heterocycles. The highest BCUT2D eigenvalue weighted by atomic mass is 16.5. The number of amides is 3. The van der Waals surface area contributed by atoms with Crippen molar-refractivity contribution in [3.8, 4) is 5.75 Å². The fourth-order valence-corrected chi connectivity index (χ4v) is 5.78. The summed E-state index contributed by atoms with van der Waals surface area (Å²) in [6.07, 6.45) is 10.8. The second-order valence-corrected chi connectivity index (χ2v) is 9.68. The number of carbonyl (C=O) groups is 2. The summed E-state index contributed by atoms with van der Waals surface area (Å²) in [5, 5.41) is 10.2. The molecule has 1 saturated heterocycles. The highest BCUT2D eigenvalue weighted by Gasteiger charge is 2.58. The fraction of sp³-hybridized carbons (Fsp3) is 0.560. The average Bonchev–Trinajstić information content (AvgIpc) is 3.32. The van der Waals surface area contributed by atoms with Gasteiger partial charge in [-0.3, -0.25) is 10.1 Å². The van der Waals surface area contributed by atoms with Crippen molar-refractivity contribution < 1.29 is 14.3 Å². The first-order valence-corrected chi connectivity index (χ1v) is 12.1. The molecule has 3 aliphatic rings. The van der Waals surface area contributed by atoms with Gasteiger partial charge in [0.2, 0.25) is 5.91 Å². The van der Waals surface area contributed by atoms with E-state index in [1.807, 2.05) is 16.8 Å². The van der Waals surface area contributed by atoms with Gasteiger partial charge in [0.05, 0.1) is 25.0 Å². The van der Waals surface area contributed by atoms with Gasteiger partial charge in [-0.2, -0.15) is 5.10 Å². The molecule has 176 valence electrons. The second-order valence-electron chi connectivity index (χ2n) is 9.68. The van der Waals surface area contributed by atoms with Crippen LogP contribution in [0.5, 0.6) is 5.75 Å².